The first-order valence-electron chi connectivity index (χ1n) is 6.98. The maximum absolute atomic E-state index is 5.64. The third-order valence-corrected chi connectivity index (χ3v) is 3.22. The highest BCUT2D eigenvalue weighted by Crippen LogP contribution is 2.10. The van der Waals surface area contributed by atoms with E-state index in [0.717, 1.165) is 26.3 Å². The van der Waals surface area contributed by atoms with Gasteiger partial charge in [0.25, 0.3) is 0 Å². The Balaban J connectivity index is 1.98. The minimum atomic E-state index is 0.161. The van der Waals surface area contributed by atoms with Crippen molar-refractivity contribution in [1.29, 1.82) is 0 Å². The first kappa shape index (κ1) is 16.8. The molecule has 0 spiro atoms. The number of nitrogens with two attached hydrogens (primary N) is 1. The molecule has 0 aromatic carbocycles. The summed E-state index contributed by atoms with van der Waals surface area (Å²) in [5.41, 5.74) is 5.64. The molecule has 6 nitrogen and oxygen atoms in total. The molecule has 0 radical (unpaired) electrons. The zero-order valence-corrected chi connectivity index (χ0v) is 12.2. The predicted molar refractivity (Wildman–Crippen MR) is 73.3 cm³/mol. The van der Waals surface area contributed by atoms with Crippen molar-refractivity contribution in [2.45, 2.75) is 19.1 Å². The zero-order valence-electron chi connectivity index (χ0n) is 12.2. The highest BCUT2D eigenvalue weighted by molar-refractivity contribution is 4.77. The van der Waals surface area contributed by atoms with Gasteiger partial charge in [-0.2, -0.15) is 0 Å². The monoisotopic (exact) mass is 276 g/mol. The van der Waals surface area contributed by atoms with Crippen LogP contribution in [0.4, 0.5) is 0 Å². The topological polar surface area (TPSA) is 66.2 Å². The van der Waals surface area contributed by atoms with Crippen molar-refractivity contribution < 1.29 is 18.9 Å². The van der Waals surface area contributed by atoms with Gasteiger partial charge in [-0.1, -0.05) is 0 Å². The molecule has 1 aliphatic rings. The average molecular weight is 276 g/mol. The SMILES string of the molecule is COCCOCCOCCN1CC(CN)OCC1C. The first-order valence-corrected chi connectivity index (χ1v) is 6.98. The molecular weight excluding hydrogens is 248 g/mol. The van der Waals surface area contributed by atoms with E-state index < -0.39 is 0 Å². The molecule has 2 N–H and O–H groups in total. The minimum Gasteiger partial charge on any atom is -0.382 e. The Bertz CT molecular complexity index is 219. The van der Waals surface area contributed by atoms with Crippen LogP contribution in [0.15, 0.2) is 0 Å². The second-order valence-electron chi connectivity index (χ2n) is 4.75. The van der Waals surface area contributed by atoms with Crippen molar-refractivity contribution in [3.05, 3.63) is 0 Å². The Morgan fingerprint density at radius 2 is 1.84 bits per heavy atom. The van der Waals surface area contributed by atoms with Crippen molar-refractivity contribution in [1.82, 2.24) is 4.90 Å². The maximum Gasteiger partial charge on any atom is 0.0824 e. The molecule has 0 amide bonds. The van der Waals surface area contributed by atoms with Gasteiger partial charge in [-0.3, -0.25) is 4.90 Å². The number of morpholine rings is 1. The van der Waals surface area contributed by atoms with Crippen molar-refractivity contribution in [2.75, 3.05) is 66.4 Å². The summed E-state index contributed by atoms with van der Waals surface area (Å²) in [7, 11) is 1.66. The Hall–Kier alpha value is -0.240. The lowest BCUT2D eigenvalue weighted by molar-refractivity contribution is -0.0627. The summed E-state index contributed by atoms with van der Waals surface area (Å²) >= 11 is 0. The average Bonchev–Trinajstić information content (AvgIpc) is 2.43. The fraction of sp³-hybridized carbons (Fsp3) is 1.00. The molecule has 2 atom stereocenters. The van der Waals surface area contributed by atoms with Crippen LogP contribution in [0, 0.1) is 0 Å². The van der Waals surface area contributed by atoms with Crippen molar-refractivity contribution in [3.8, 4) is 0 Å². The molecule has 1 saturated heterocycles. The van der Waals surface area contributed by atoms with Crippen molar-refractivity contribution in [3.63, 3.8) is 0 Å². The van der Waals surface area contributed by atoms with Crippen LogP contribution in [-0.2, 0) is 18.9 Å². The van der Waals surface area contributed by atoms with E-state index in [1.165, 1.54) is 0 Å². The number of hydrogen-bond acceptors (Lipinski definition) is 6. The molecule has 0 aromatic rings. The highest BCUT2D eigenvalue weighted by Gasteiger charge is 2.24. The number of nitrogens with zero attached hydrogens (tertiary/aromatic N) is 1. The maximum atomic E-state index is 5.64. The number of rotatable bonds is 10. The first-order chi connectivity index (χ1) is 9.27. The van der Waals surface area contributed by atoms with Gasteiger partial charge < -0.3 is 24.7 Å². The van der Waals surface area contributed by atoms with Gasteiger partial charge in [-0.25, -0.2) is 0 Å². The van der Waals surface area contributed by atoms with Crippen LogP contribution >= 0.6 is 0 Å². The third kappa shape index (κ3) is 7.20. The van der Waals surface area contributed by atoms with E-state index in [1.807, 2.05) is 0 Å². The molecule has 114 valence electrons. The molecule has 0 saturated carbocycles. The minimum absolute atomic E-state index is 0.161. The van der Waals surface area contributed by atoms with Gasteiger partial charge in [0.05, 0.1) is 45.7 Å². The van der Waals surface area contributed by atoms with Crippen LogP contribution < -0.4 is 5.73 Å². The lowest BCUT2D eigenvalue weighted by atomic mass is 10.2. The van der Waals surface area contributed by atoms with E-state index in [0.29, 0.717) is 39.0 Å². The fourth-order valence-corrected chi connectivity index (χ4v) is 1.98. The molecule has 0 aromatic heterocycles. The molecule has 1 heterocycles. The molecule has 19 heavy (non-hydrogen) atoms. The van der Waals surface area contributed by atoms with Crippen LogP contribution in [-0.4, -0.2) is 83.4 Å². The molecule has 6 heteroatoms. The van der Waals surface area contributed by atoms with Crippen LogP contribution in [0.2, 0.25) is 0 Å². The normalized spacial score (nSPS) is 24.8. The summed E-state index contributed by atoms with van der Waals surface area (Å²) in [4.78, 5) is 2.37. The zero-order chi connectivity index (χ0) is 13.9. The Kier molecular flexibility index (Phi) is 9.32. The van der Waals surface area contributed by atoms with E-state index in [9.17, 15) is 0 Å². The fourth-order valence-electron chi connectivity index (χ4n) is 1.98. The van der Waals surface area contributed by atoms with Crippen molar-refractivity contribution in [2.24, 2.45) is 5.73 Å². The van der Waals surface area contributed by atoms with E-state index in [4.69, 9.17) is 24.7 Å². The summed E-state index contributed by atoms with van der Waals surface area (Å²) in [6, 6.07) is 0.435. The van der Waals surface area contributed by atoms with Gasteiger partial charge in [0.15, 0.2) is 0 Å². The number of methoxy groups -OCH3 is 1. The van der Waals surface area contributed by atoms with Gasteiger partial charge in [-0.15, -0.1) is 0 Å². The molecule has 2 unspecified atom stereocenters. The molecule has 1 fully saturated rings. The summed E-state index contributed by atoms with van der Waals surface area (Å²) in [6.07, 6.45) is 0.161. The highest BCUT2D eigenvalue weighted by atomic mass is 16.5. The predicted octanol–water partition coefficient (Wildman–Crippen LogP) is -0.286. The van der Waals surface area contributed by atoms with Crippen LogP contribution in [0.1, 0.15) is 6.92 Å². The lowest BCUT2D eigenvalue weighted by Crippen LogP contribution is -2.51. The van der Waals surface area contributed by atoms with Crippen LogP contribution in [0.25, 0.3) is 0 Å². The summed E-state index contributed by atoms with van der Waals surface area (Å²) in [5, 5.41) is 0. The summed E-state index contributed by atoms with van der Waals surface area (Å²) in [5.74, 6) is 0. The molecule has 0 aliphatic carbocycles. The van der Waals surface area contributed by atoms with E-state index in [1.54, 1.807) is 7.11 Å². The van der Waals surface area contributed by atoms with E-state index >= 15 is 0 Å². The largest absolute Gasteiger partial charge is 0.382 e. The molecular formula is C13H28N2O4. The van der Waals surface area contributed by atoms with Crippen LogP contribution in [0.3, 0.4) is 0 Å². The van der Waals surface area contributed by atoms with Gasteiger partial charge in [0, 0.05) is 32.8 Å². The summed E-state index contributed by atoms with van der Waals surface area (Å²) in [6.45, 7) is 8.53. The standard InChI is InChI=1S/C13H28N2O4/c1-12-11-19-13(9-14)10-15(12)3-4-17-7-8-18-6-5-16-2/h12-13H,3-11,14H2,1-2H3. The number of ether oxygens (including phenoxy) is 4. The van der Waals surface area contributed by atoms with Gasteiger partial charge in [0.1, 0.15) is 0 Å². The van der Waals surface area contributed by atoms with Gasteiger partial charge in [0.2, 0.25) is 0 Å². The van der Waals surface area contributed by atoms with Crippen LogP contribution in [0.5, 0.6) is 0 Å². The third-order valence-electron chi connectivity index (χ3n) is 3.22. The summed E-state index contributed by atoms with van der Waals surface area (Å²) < 4.78 is 21.4. The Morgan fingerprint density at radius 3 is 2.53 bits per heavy atom. The Morgan fingerprint density at radius 1 is 1.16 bits per heavy atom. The quantitative estimate of drug-likeness (QED) is 0.553. The van der Waals surface area contributed by atoms with Gasteiger partial charge >= 0.3 is 0 Å². The van der Waals surface area contributed by atoms with Crippen molar-refractivity contribution >= 4 is 0 Å². The second kappa shape index (κ2) is 10.5. The van der Waals surface area contributed by atoms with E-state index in [2.05, 4.69) is 11.8 Å². The second-order valence-corrected chi connectivity index (χ2v) is 4.75. The van der Waals surface area contributed by atoms with E-state index in [-0.39, 0.29) is 6.10 Å². The molecule has 0 bridgehead atoms. The molecule has 1 aliphatic heterocycles. The Labute approximate surface area is 116 Å². The smallest absolute Gasteiger partial charge is 0.0824 e. The lowest BCUT2D eigenvalue weighted by Gasteiger charge is -2.37. The van der Waals surface area contributed by atoms with Gasteiger partial charge in [-0.05, 0) is 6.92 Å². The molecule has 1 rings (SSSR count). The number of hydrogen-bond donors (Lipinski definition) is 1.